The van der Waals surface area contributed by atoms with Gasteiger partial charge < -0.3 is 41.8 Å². The fourth-order valence-corrected chi connectivity index (χ4v) is 5.74. The quantitative estimate of drug-likeness (QED) is 0.0951. The second-order valence-corrected chi connectivity index (χ2v) is 11.9. The van der Waals surface area contributed by atoms with E-state index in [0.29, 0.717) is 60.7 Å². The first-order valence-electron chi connectivity index (χ1n) is 16.8. The summed E-state index contributed by atoms with van der Waals surface area (Å²) in [7, 11) is 0. The number of ether oxygens (including phenoxy) is 2. The zero-order chi connectivity index (χ0) is 42.0. The number of fused-ring (bicyclic) bond motifs is 2. The number of aryl methyl sites for hydroxylation is 1. The van der Waals surface area contributed by atoms with E-state index in [1.165, 1.54) is 6.20 Å². The molecule has 1 unspecified atom stereocenters. The summed E-state index contributed by atoms with van der Waals surface area (Å²) in [6.07, 6.45) is -6.67. The number of primary amides is 1. The van der Waals surface area contributed by atoms with Crippen LogP contribution in [0.2, 0.25) is 0 Å². The average Bonchev–Trinajstić information content (AvgIpc) is 3.48. The molecule has 0 saturated heterocycles. The predicted molar refractivity (Wildman–Crippen MR) is 192 cm³/mol. The summed E-state index contributed by atoms with van der Waals surface area (Å²) in [5.74, 6) is -5.19. The average molecular weight is 796 g/mol. The minimum absolute atomic E-state index is 0.197. The number of amides is 2. The van der Waals surface area contributed by atoms with Crippen LogP contribution in [0.1, 0.15) is 59.8 Å². The standard InChI is InChI=1S/C33H37N5O4.2C2HF3O2/c1-4-22-21(18-37-32(40)33(35)15-14-20-10-7-8-12-25(20)33)11-9-13-26(22)38-30-23-16-28(41-5-2)29(42-6-3)17-27(23)36-19-24(30)31(34)39;2*3-2(4,5)1(6)7/h7-13,16-17,19H,4-6,14-15,18,35H2,1-3H3,(H2,34,39)(H,36,38)(H,37,40);2*(H,6,7). The van der Waals surface area contributed by atoms with Crippen LogP contribution < -0.4 is 31.6 Å². The molecule has 1 atom stereocenters. The van der Waals surface area contributed by atoms with E-state index in [9.17, 15) is 35.9 Å². The number of halogens is 6. The van der Waals surface area contributed by atoms with Gasteiger partial charge in [-0.25, -0.2) is 9.59 Å². The van der Waals surface area contributed by atoms with Gasteiger partial charge in [-0.3, -0.25) is 14.6 Å². The van der Waals surface area contributed by atoms with Crippen LogP contribution in [0, 0.1) is 0 Å². The number of anilines is 2. The van der Waals surface area contributed by atoms with E-state index in [0.717, 1.165) is 34.4 Å². The molecule has 3 aromatic carbocycles. The van der Waals surface area contributed by atoms with Crippen LogP contribution in [0.15, 0.2) is 60.8 Å². The predicted octanol–water partition coefficient (Wildman–Crippen LogP) is 6.12. The van der Waals surface area contributed by atoms with Crippen LogP contribution in [-0.2, 0) is 39.3 Å². The highest BCUT2D eigenvalue weighted by atomic mass is 19.4. The maximum absolute atomic E-state index is 13.4. The van der Waals surface area contributed by atoms with Crippen molar-refractivity contribution in [2.45, 2.75) is 64.5 Å². The van der Waals surface area contributed by atoms with E-state index in [1.807, 2.05) is 69.3 Å². The molecule has 1 heterocycles. The monoisotopic (exact) mass is 795 g/mol. The Hall–Kier alpha value is -6.11. The topological polar surface area (TPSA) is 216 Å². The molecule has 13 nitrogen and oxygen atoms in total. The van der Waals surface area contributed by atoms with E-state index in [4.69, 9.17) is 40.7 Å². The lowest BCUT2D eigenvalue weighted by Crippen LogP contribution is -2.49. The second-order valence-electron chi connectivity index (χ2n) is 11.9. The number of pyridine rings is 1. The Bertz CT molecular complexity index is 2050. The molecule has 0 radical (unpaired) electrons. The normalized spacial score (nSPS) is 14.6. The number of nitrogens with one attached hydrogen (secondary N) is 2. The van der Waals surface area contributed by atoms with Crippen molar-refractivity contribution in [3.63, 3.8) is 0 Å². The Balaban J connectivity index is 0.000000512. The number of benzene rings is 3. The fourth-order valence-electron chi connectivity index (χ4n) is 5.74. The summed E-state index contributed by atoms with van der Waals surface area (Å²) in [6.45, 7) is 7.07. The summed E-state index contributed by atoms with van der Waals surface area (Å²) >= 11 is 0. The van der Waals surface area contributed by atoms with Gasteiger partial charge in [0.25, 0.3) is 5.91 Å². The third-order valence-electron chi connectivity index (χ3n) is 8.30. The molecule has 0 fully saturated rings. The van der Waals surface area contributed by atoms with Crippen molar-refractivity contribution < 1.29 is 65.2 Å². The van der Waals surface area contributed by atoms with Gasteiger partial charge in [0.2, 0.25) is 5.91 Å². The molecule has 56 heavy (non-hydrogen) atoms. The number of hydrogen-bond acceptors (Lipinski definition) is 9. The van der Waals surface area contributed by atoms with Crippen LogP contribution in [0.5, 0.6) is 11.5 Å². The number of aliphatic carboxylic acids is 2. The van der Waals surface area contributed by atoms with Gasteiger partial charge in [-0.15, -0.1) is 0 Å². The Labute approximate surface area is 316 Å². The van der Waals surface area contributed by atoms with Crippen molar-refractivity contribution in [1.82, 2.24) is 10.3 Å². The lowest BCUT2D eigenvalue weighted by atomic mass is 9.91. The zero-order valence-electron chi connectivity index (χ0n) is 30.2. The molecule has 1 aromatic heterocycles. The van der Waals surface area contributed by atoms with Crippen molar-refractivity contribution >= 4 is 46.0 Å². The number of nitrogens with zero attached hydrogens (tertiary/aromatic N) is 1. The van der Waals surface area contributed by atoms with E-state index >= 15 is 0 Å². The third-order valence-corrected chi connectivity index (χ3v) is 8.30. The number of carboxylic acids is 2. The molecule has 4 aromatic rings. The third kappa shape index (κ3) is 10.8. The summed E-state index contributed by atoms with van der Waals surface area (Å²) in [4.78, 5) is 48.2. The first-order chi connectivity index (χ1) is 26.2. The molecule has 0 aliphatic heterocycles. The Kier molecular flexibility index (Phi) is 14.6. The highest BCUT2D eigenvalue weighted by Gasteiger charge is 2.41. The minimum Gasteiger partial charge on any atom is -0.490 e. The molecule has 302 valence electrons. The van der Waals surface area contributed by atoms with Gasteiger partial charge in [0.1, 0.15) is 5.54 Å². The summed E-state index contributed by atoms with van der Waals surface area (Å²) in [6, 6.07) is 17.3. The zero-order valence-corrected chi connectivity index (χ0v) is 30.2. The van der Waals surface area contributed by atoms with Crippen LogP contribution >= 0.6 is 0 Å². The summed E-state index contributed by atoms with van der Waals surface area (Å²) in [5, 5.41) is 21.5. The van der Waals surface area contributed by atoms with Crippen molar-refractivity contribution in [2.24, 2.45) is 11.5 Å². The van der Waals surface area contributed by atoms with Gasteiger partial charge in [0.15, 0.2) is 11.5 Å². The summed E-state index contributed by atoms with van der Waals surface area (Å²) in [5.41, 5.74) is 17.5. The number of carbonyl (C=O) groups is 4. The molecular formula is C37H39F6N5O8. The molecular weight excluding hydrogens is 756 g/mol. The highest BCUT2D eigenvalue weighted by Crippen LogP contribution is 2.39. The number of hydrogen-bond donors (Lipinski definition) is 6. The molecule has 1 aliphatic carbocycles. The smallest absolute Gasteiger partial charge is 0.490 e. The lowest BCUT2D eigenvalue weighted by Gasteiger charge is -2.25. The van der Waals surface area contributed by atoms with Gasteiger partial charge in [0.05, 0.1) is 30.0 Å². The number of rotatable bonds is 11. The first-order valence-corrected chi connectivity index (χ1v) is 16.8. The molecule has 0 saturated carbocycles. The SMILES string of the molecule is CCOc1cc2ncc(C(N)=O)c(Nc3cccc(CNC(=O)C4(N)CCc5ccccc54)c3CC)c2cc1OCC.O=C(O)C(F)(F)F.O=C(O)C(F)(F)F. The van der Waals surface area contributed by atoms with Gasteiger partial charge in [-0.05, 0) is 67.5 Å². The van der Waals surface area contributed by atoms with Crippen LogP contribution in [0.3, 0.4) is 0 Å². The highest BCUT2D eigenvalue weighted by molar-refractivity contribution is 6.08. The van der Waals surface area contributed by atoms with Gasteiger partial charge in [-0.2, -0.15) is 26.3 Å². The fraction of sp³-hybridized carbons (Fsp3) is 0.324. The van der Waals surface area contributed by atoms with E-state index in [1.54, 1.807) is 6.07 Å². The van der Waals surface area contributed by atoms with Crippen molar-refractivity contribution in [1.29, 1.82) is 0 Å². The maximum atomic E-state index is 13.4. The van der Waals surface area contributed by atoms with Crippen molar-refractivity contribution in [3.05, 3.63) is 88.6 Å². The number of alkyl halides is 6. The molecule has 0 spiro atoms. The first kappa shape index (κ1) is 44.3. The molecule has 1 aliphatic rings. The van der Waals surface area contributed by atoms with Crippen molar-refractivity contribution in [2.75, 3.05) is 18.5 Å². The van der Waals surface area contributed by atoms with Crippen LogP contribution in [0.25, 0.3) is 10.9 Å². The largest absolute Gasteiger partial charge is 0.490 e. The van der Waals surface area contributed by atoms with Gasteiger partial charge in [-0.1, -0.05) is 43.3 Å². The number of nitrogens with two attached hydrogens (primary N) is 2. The Morgan fingerprint density at radius 2 is 1.45 bits per heavy atom. The van der Waals surface area contributed by atoms with Gasteiger partial charge in [0, 0.05) is 29.9 Å². The maximum Gasteiger partial charge on any atom is 0.490 e. The number of aromatic nitrogens is 1. The molecule has 19 heteroatoms. The lowest BCUT2D eigenvalue weighted by molar-refractivity contribution is -0.193. The Morgan fingerprint density at radius 1 is 0.875 bits per heavy atom. The van der Waals surface area contributed by atoms with E-state index in [2.05, 4.69) is 15.6 Å². The van der Waals surface area contributed by atoms with Crippen LogP contribution in [-0.4, -0.2) is 64.5 Å². The molecule has 8 N–H and O–H groups in total. The Morgan fingerprint density at radius 3 is 1.98 bits per heavy atom. The second kappa shape index (κ2) is 18.5. The van der Waals surface area contributed by atoms with Crippen molar-refractivity contribution in [3.8, 4) is 11.5 Å². The molecule has 5 rings (SSSR count). The minimum atomic E-state index is -5.08. The molecule has 0 bridgehead atoms. The van der Waals surface area contributed by atoms with Gasteiger partial charge >= 0.3 is 24.3 Å². The van der Waals surface area contributed by atoms with E-state index in [-0.39, 0.29) is 11.5 Å². The van der Waals surface area contributed by atoms with Crippen LogP contribution in [0.4, 0.5) is 37.7 Å². The number of carboxylic acid groups (broad SMARTS) is 2. The summed E-state index contributed by atoms with van der Waals surface area (Å²) < 4.78 is 75.1. The molecule has 2 amide bonds. The van der Waals surface area contributed by atoms with E-state index < -0.39 is 35.7 Å². The number of carbonyl (C=O) groups excluding carboxylic acids is 2.